The van der Waals surface area contributed by atoms with Gasteiger partial charge in [-0.3, -0.25) is 4.98 Å². The number of nitrogens with zero attached hydrogens (tertiary/aromatic N) is 1. The maximum absolute atomic E-state index is 9.05. The molecule has 17 heavy (non-hydrogen) atoms. The van der Waals surface area contributed by atoms with Crippen LogP contribution in [-0.4, -0.2) is 17.2 Å². The predicted octanol–water partition coefficient (Wildman–Crippen LogP) is 2.90. The van der Waals surface area contributed by atoms with Crippen molar-refractivity contribution in [3.63, 3.8) is 0 Å². The molecular weight excluding hydrogens is 238 g/mol. The van der Waals surface area contributed by atoms with Crippen molar-refractivity contribution >= 4 is 11.6 Å². The maximum Gasteiger partial charge on any atom is 0.137 e. The van der Waals surface area contributed by atoms with Crippen LogP contribution < -0.4 is 4.74 Å². The predicted molar refractivity (Wildman–Crippen MR) is 67.2 cm³/mol. The molecule has 3 nitrogen and oxygen atoms in total. The van der Waals surface area contributed by atoms with Crippen LogP contribution in [0.2, 0.25) is 5.02 Å². The van der Waals surface area contributed by atoms with E-state index in [0.717, 1.165) is 11.1 Å². The Hall–Kier alpha value is -1.58. The number of benzene rings is 1. The molecule has 0 amide bonds. The lowest BCUT2D eigenvalue weighted by molar-refractivity contribution is 0.282. The summed E-state index contributed by atoms with van der Waals surface area (Å²) in [6, 6.07) is 7.39. The average molecular weight is 250 g/mol. The zero-order valence-electron chi connectivity index (χ0n) is 9.35. The number of aromatic nitrogens is 1. The molecule has 0 aliphatic rings. The zero-order chi connectivity index (χ0) is 12.3. The average Bonchev–Trinajstić information content (AvgIpc) is 2.38. The topological polar surface area (TPSA) is 42.4 Å². The maximum atomic E-state index is 9.05. The first-order valence-electron chi connectivity index (χ1n) is 5.13. The van der Waals surface area contributed by atoms with E-state index in [2.05, 4.69) is 4.98 Å². The number of pyridine rings is 1. The second-order valence-corrected chi connectivity index (χ2v) is 3.98. The van der Waals surface area contributed by atoms with Crippen LogP contribution in [-0.2, 0) is 6.61 Å². The number of hydrogen-bond acceptors (Lipinski definition) is 3. The van der Waals surface area contributed by atoms with Crippen LogP contribution in [0.3, 0.4) is 0 Å². The van der Waals surface area contributed by atoms with Crippen LogP contribution in [0.25, 0.3) is 11.1 Å². The summed E-state index contributed by atoms with van der Waals surface area (Å²) < 4.78 is 5.12. The summed E-state index contributed by atoms with van der Waals surface area (Å²) >= 11 is 6.04. The Balaban J connectivity index is 2.42. The summed E-state index contributed by atoms with van der Waals surface area (Å²) in [4.78, 5) is 4.09. The van der Waals surface area contributed by atoms with E-state index in [4.69, 9.17) is 21.4 Å². The van der Waals surface area contributed by atoms with Crippen LogP contribution in [0.15, 0.2) is 36.7 Å². The van der Waals surface area contributed by atoms with Crippen molar-refractivity contribution in [2.75, 3.05) is 7.11 Å². The lowest BCUT2D eigenvalue weighted by Gasteiger charge is -2.06. The van der Waals surface area contributed by atoms with Crippen molar-refractivity contribution in [3.8, 4) is 16.9 Å². The summed E-state index contributed by atoms with van der Waals surface area (Å²) in [5.74, 6) is 0.699. The molecule has 1 heterocycles. The summed E-state index contributed by atoms with van der Waals surface area (Å²) in [5.41, 5.74) is 2.58. The highest BCUT2D eigenvalue weighted by atomic mass is 35.5. The molecule has 2 aromatic rings. The fourth-order valence-corrected chi connectivity index (χ4v) is 1.78. The van der Waals surface area contributed by atoms with E-state index in [1.807, 2.05) is 18.2 Å². The molecule has 0 unspecified atom stereocenters. The summed E-state index contributed by atoms with van der Waals surface area (Å²) in [7, 11) is 1.60. The van der Waals surface area contributed by atoms with Crippen molar-refractivity contribution in [2.45, 2.75) is 6.61 Å². The van der Waals surface area contributed by atoms with Crippen molar-refractivity contribution in [1.29, 1.82) is 0 Å². The summed E-state index contributed by atoms with van der Waals surface area (Å²) in [5, 5.41) is 9.59. The van der Waals surface area contributed by atoms with Gasteiger partial charge in [-0.2, -0.15) is 0 Å². The monoisotopic (exact) mass is 249 g/mol. The standard InChI is InChI=1S/C13H12ClNO2/c1-17-12-4-11(6-15-7-12)9-2-3-10(8-16)13(14)5-9/h2-7,16H,8H2,1H3. The Morgan fingerprint density at radius 2 is 2.06 bits per heavy atom. The van der Waals surface area contributed by atoms with E-state index in [0.29, 0.717) is 16.3 Å². The third-order valence-electron chi connectivity index (χ3n) is 2.51. The first kappa shape index (κ1) is 11.9. The lowest BCUT2D eigenvalue weighted by Crippen LogP contribution is -1.88. The van der Waals surface area contributed by atoms with E-state index in [1.165, 1.54) is 0 Å². The molecule has 2 rings (SSSR count). The Morgan fingerprint density at radius 1 is 1.24 bits per heavy atom. The molecule has 1 aromatic carbocycles. The van der Waals surface area contributed by atoms with Crippen LogP contribution in [0, 0.1) is 0 Å². The van der Waals surface area contributed by atoms with Crippen LogP contribution in [0.5, 0.6) is 5.75 Å². The van der Waals surface area contributed by atoms with Crippen LogP contribution in [0.1, 0.15) is 5.56 Å². The van der Waals surface area contributed by atoms with Gasteiger partial charge in [0.05, 0.1) is 19.9 Å². The number of aliphatic hydroxyl groups excluding tert-OH is 1. The molecule has 1 aromatic heterocycles. The summed E-state index contributed by atoms with van der Waals surface area (Å²) in [6.45, 7) is -0.0600. The first-order valence-corrected chi connectivity index (χ1v) is 5.51. The Labute approximate surface area is 105 Å². The van der Waals surface area contributed by atoms with Gasteiger partial charge in [-0.25, -0.2) is 0 Å². The minimum absolute atomic E-state index is 0.0600. The Morgan fingerprint density at radius 3 is 2.71 bits per heavy atom. The van der Waals surface area contributed by atoms with Gasteiger partial charge >= 0.3 is 0 Å². The smallest absolute Gasteiger partial charge is 0.137 e. The number of hydrogen-bond donors (Lipinski definition) is 1. The molecule has 0 saturated carbocycles. The van der Waals surface area contributed by atoms with Gasteiger partial charge in [-0.15, -0.1) is 0 Å². The molecule has 0 saturated heterocycles. The Kier molecular flexibility index (Phi) is 3.61. The van der Waals surface area contributed by atoms with Crippen molar-refractivity contribution in [3.05, 3.63) is 47.2 Å². The first-order chi connectivity index (χ1) is 8.24. The minimum Gasteiger partial charge on any atom is -0.495 e. The second-order valence-electron chi connectivity index (χ2n) is 3.58. The SMILES string of the molecule is COc1cncc(-c2ccc(CO)c(Cl)c2)c1. The van der Waals surface area contributed by atoms with Crippen LogP contribution in [0.4, 0.5) is 0 Å². The minimum atomic E-state index is -0.0600. The molecule has 0 aliphatic carbocycles. The number of rotatable bonds is 3. The third-order valence-corrected chi connectivity index (χ3v) is 2.86. The van der Waals surface area contributed by atoms with Crippen molar-refractivity contribution in [1.82, 2.24) is 4.98 Å². The van der Waals surface area contributed by atoms with Gasteiger partial charge in [-0.1, -0.05) is 23.7 Å². The van der Waals surface area contributed by atoms with Gasteiger partial charge in [-0.05, 0) is 23.3 Å². The summed E-state index contributed by atoms with van der Waals surface area (Å²) in [6.07, 6.45) is 3.39. The molecule has 0 atom stereocenters. The normalized spacial score (nSPS) is 10.3. The highest BCUT2D eigenvalue weighted by molar-refractivity contribution is 6.31. The van der Waals surface area contributed by atoms with Gasteiger partial charge < -0.3 is 9.84 Å². The second kappa shape index (κ2) is 5.17. The Bertz CT molecular complexity index is 529. The van der Waals surface area contributed by atoms with E-state index in [1.54, 1.807) is 25.6 Å². The number of halogens is 1. The van der Waals surface area contributed by atoms with Gasteiger partial charge in [0.1, 0.15) is 5.75 Å². The fraction of sp³-hybridized carbons (Fsp3) is 0.154. The van der Waals surface area contributed by atoms with Crippen molar-refractivity contribution < 1.29 is 9.84 Å². The molecule has 4 heteroatoms. The molecular formula is C13H12ClNO2. The third kappa shape index (κ3) is 2.57. The van der Waals surface area contributed by atoms with E-state index in [-0.39, 0.29) is 6.61 Å². The van der Waals surface area contributed by atoms with Gasteiger partial charge in [0.25, 0.3) is 0 Å². The van der Waals surface area contributed by atoms with Gasteiger partial charge in [0, 0.05) is 16.8 Å². The number of ether oxygens (including phenoxy) is 1. The van der Waals surface area contributed by atoms with Gasteiger partial charge in [0.15, 0.2) is 0 Å². The van der Waals surface area contributed by atoms with E-state index < -0.39 is 0 Å². The molecule has 1 N–H and O–H groups in total. The van der Waals surface area contributed by atoms with Crippen molar-refractivity contribution in [2.24, 2.45) is 0 Å². The largest absolute Gasteiger partial charge is 0.495 e. The molecule has 0 bridgehead atoms. The fourth-order valence-electron chi connectivity index (χ4n) is 1.54. The molecule has 88 valence electrons. The number of aliphatic hydroxyl groups is 1. The zero-order valence-corrected chi connectivity index (χ0v) is 10.1. The highest BCUT2D eigenvalue weighted by Gasteiger charge is 2.04. The molecule has 0 fully saturated rings. The molecule has 0 spiro atoms. The van der Waals surface area contributed by atoms with Gasteiger partial charge in [0.2, 0.25) is 0 Å². The molecule has 0 aliphatic heterocycles. The number of methoxy groups -OCH3 is 1. The van der Waals surface area contributed by atoms with E-state index in [9.17, 15) is 0 Å². The highest BCUT2D eigenvalue weighted by Crippen LogP contribution is 2.27. The molecule has 0 radical (unpaired) electrons. The quantitative estimate of drug-likeness (QED) is 0.910. The van der Waals surface area contributed by atoms with E-state index >= 15 is 0 Å². The lowest BCUT2D eigenvalue weighted by atomic mass is 10.1. The van der Waals surface area contributed by atoms with Crippen LogP contribution >= 0.6 is 11.6 Å².